The first-order valence-electron chi connectivity index (χ1n) is 10.2. The highest BCUT2D eigenvalue weighted by molar-refractivity contribution is 5.70. The lowest BCUT2D eigenvalue weighted by Gasteiger charge is -2.43. The van der Waals surface area contributed by atoms with Crippen LogP contribution in [0.5, 0.6) is 11.5 Å². The third-order valence-electron chi connectivity index (χ3n) is 4.29. The molecule has 0 unspecified atom stereocenters. The molecular formula is C22H26O12. The first kappa shape index (κ1) is 26.6. The van der Waals surface area contributed by atoms with Crippen LogP contribution < -0.4 is 9.47 Å². The van der Waals surface area contributed by atoms with Gasteiger partial charge >= 0.3 is 29.8 Å². The second-order valence-corrected chi connectivity index (χ2v) is 7.23. The van der Waals surface area contributed by atoms with Crippen molar-refractivity contribution in [3.05, 3.63) is 24.3 Å². The summed E-state index contributed by atoms with van der Waals surface area (Å²) in [5.41, 5.74) is 0. The van der Waals surface area contributed by atoms with Crippen LogP contribution in [0.25, 0.3) is 0 Å². The molecule has 2 rings (SSSR count). The smallest absolute Gasteiger partial charge is 0.308 e. The van der Waals surface area contributed by atoms with E-state index in [-0.39, 0.29) is 11.5 Å². The van der Waals surface area contributed by atoms with E-state index < -0.39 is 67.2 Å². The predicted octanol–water partition coefficient (Wildman–Crippen LogP) is 1.07. The average Bonchev–Trinajstić information content (AvgIpc) is 2.71. The van der Waals surface area contributed by atoms with Crippen LogP contribution in [0.15, 0.2) is 24.3 Å². The minimum Gasteiger partial charge on any atom is -0.463 e. The second kappa shape index (κ2) is 12.0. The quantitative estimate of drug-likeness (QED) is 0.296. The third kappa shape index (κ3) is 7.73. The summed E-state index contributed by atoms with van der Waals surface area (Å²) in [6.45, 7) is 5.30. The largest absolute Gasteiger partial charge is 0.463 e. The Hall–Kier alpha value is -3.67. The van der Waals surface area contributed by atoms with Gasteiger partial charge in [0.15, 0.2) is 23.7 Å². The van der Waals surface area contributed by atoms with E-state index in [4.69, 9.17) is 33.2 Å². The van der Waals surface area contributed by atoms with Gasteiger partial charge in [-0.25, -0.2) is 0 Å². The van der Waals surface area contributed by atoms with Crippen LogP contribution in [0.3, 0.4) is 0 Å². The number of hydrogen-bond acceptors (Lipinski definition) is 12. The first-order valence-corrected chi connectivity index (χ1v) is 10.2. The molecule has 1 aromatic carbocycles. The Balaban J connectivity index is 2.50. The van der Waals surface area contributed by atoms with E-state index in [0.29, 0.717) is 0 Å². The number of carbonyl (C=O) groups is 5. The fraction of sp³-hybridized carbons (Fsp3) is 0.500. The maximum atomic E-state index is 11.9. The van der Waals surface area contributed by atoms with Gasteiger partial charge in [-0.15, -0.1) is 0 Å². The van der Waals surface area contributed by atoms with Crippen molar-refractivity contribution < 1.29 is 57.1 Å². The molecule has 0 amide bonds. The van der Waals surface area contributed by atoms with Crippen molar-refractivity contribution in [1.29, 1.82) is 0 Å². The molecule has 1 aliphatic heterocycles. The Morgan fingerprint density at radius 2 is 1.24 bits per heavy atom. The fourth-order valence-corrected chi connectivity index (χ4v) is 3.20. The van der Waals surface area contributed by atoms with Crippen molar-refractivity contribution in [2.45, 2.75) is 65.3 Å². The molecule has 0 spiro atoms. The normalized spacial score (nSPS) is 23.7. The van der Waals surface area contributed by atoms with Crippen LogP contribution in [-0.2, 0) is 47.7 Å². The number of rotatable bonds is 8. The number of carbonyl (C=O) groups excluding carboxylic acids is 5. The molecule has 0 aliphatic carbocycles. The summed E-state index contributed by atoms with van der Waals surface area (Å²) in [5.74, 6) is -3.47. The molecule has 1 fully saturated rings. The minimum absolute atomic E-state index is 0.0404. The molecule has 0 N–H and O–H groups in total. The average molecular weight is 482 g/mol. The van der Waals surface area contributed by atoms with E-state index in [2.05, 4.69) is 0 Å². The molecule has 5 atom stereocenters. The maximum Gasteiger partial charge on any atom is 0.308 e. The van der Waals surface area contributed by atoms with Gasteiger partial charge in [0.25, 0.3) is 0 Å². The van der Waals surface area contributed by atoms with Crippen molar-refractivity contribution >= 4 is 29.8 Å². The highest BCUT2D eigenvalue weighted by atomic mass is 16.7. The predicted molar refractivity (Wildman–Crippen MR) is 110 cm³/mol. The van der Waals surface area contributed by atoms with Gasteiger partial charge in [0.2, 0.25) is 12.4 Å². The lowest BCUT2D eigenvalue weighted by atomic mass is 9.98. The topological polar surface area (TPSA) is 150 Å². The third-order valence-corrected chi connectivity index (χ3v) is 4.29. The lowest BCUT2D eigenvalue weighted by Crippen LogP contribution is -2.63. The van der Waals surface area contributed by atoms with Gasteiger partial charge in [-0.3, -0.25) is 24.0 Å². The van der Waals surface area contributed by atoms with Gasteiger partial charge < -0.3 is 33.2 Å². The summed E-state index contributed by atoms with van der Waals surface area (Å²) in [5, 5.41) is 0. The van der Waals surface area contributed by atoms with Gasteiger partial charge in [-0.05, 0) is 12.1 Å². The first-order chi connectivity index (χ1) is 16.0. The minimum atomic E-state index is -1.45. The summed E-state index contributed by atoms with van der Waals surface area (Å²) in [7, 11) is 0. The number of hydrogen-bond donors (Lipinski definition) is 0. The van der Waals surface area contributed by atoms with E-state index in [1.165, 1.54) is 19.1 Å². The summed E-state index contributed by atoms with van der Waals surface area (Å²) in [6.07, 6.45) is -6.73. The van der Waals surface area contributed by atoms with Crippen LogP contribution in [0.2, 0.25) is 0 Å². The molecule has 0 saturated carbocycles. The molecule has 1 saturated heterocycles. The molecule has 186 valence electrons. The summed E-state index contributed by atoms with van der Waals surface area (Å²) in [4.78, 5) is 58.3. The molecule has 0 bridgehead atoms. The van der Waals surface area contributed by atoms with Crippen LogP contribution >= 0.6 is 0 Å². The number of para-hydroxylation sites is 2. The molecule has 1 aromatic rings. The molecule has 12 nitrogen and oxygen atoms in total. The Morgan fingerprint density at radius 3 is 1.76 bits per heavy atom. The van der Waals surface area contributed by atoms with E-state index in [1.807, 2.05) is 0 Å². The Kier molecular flexibility index (Phi) is 9.36. The van der Waals surface area contributed by atoms with Crippen molar-refractivity contribution in [2.75, 3.05) is 6.61 Å². The molecule has 0 aromatic heterocycles. The van der Waals surface area contributed by atoms with Crippen molar-refractivity contribution in [1.82, 2.24) is 0 Å². The SMILES string of the molecule is CC(=O)OC[C@H]1O[C@@H](Oc2ccccc2OC(C)=O)[C@H](OC(C)=O)[C@@H](OC(C)=O)[C@@H]1OC(C)=O. The van der Waals surface area contributed by atoms with Crippen molar-refractivity contribution in [3.8, 4) is 11.5 Å². The monoisotopic (exact) mass is 482 g/mol. The Bertz CT molecular complexity index is 926. The zero-order valence-electron chi connectivity index (χ0n) is 19.3. The van der Waals surface area contributed by atoms with E-state index in [0.717, 1.165) is 27.7 Å². The number of ether oxygens (including phenoxy) is 7. The van der Waals surface area contributed by atoms with Gasteiger partial charge in [-0.2, -0.15) is 0 Å². The zero-order valence-corrected chi connectivity index (χ0v) is 19.3. The van der Waals surface area contributed by atoms with Crippen molar-refractivity contribution in [2.24, 2.45) is 0 Å². The number of benzene rings is 1. The molecule has 12 heteroatoms. The van der Waals surface area contributed by atoms with Gasteiger partial charge in [0, 0.05) is 34.6 Å². The van der Waals surface area contributed by atoms with Crippen molar-refractivity contribution in [3.63, 3.8) is 0 Å². The second-order valence-electron chi connectivity index (χ2n) is 7.23. The van der Waals surface area contributed by atoms with Crippen LogP contribution in [0.1, 0.15) is 34.6 Å². The van der Waals surface area contributed by atoms with E-state index in [9.17, 15) is 24.0 Å². The van der Waals surface area contributed by atoms with E-state index >= 15 is 0 Å². The van der Waals surface area contributed by atoms with Gasteiger partial charge in [0.05, 0.1) is 0 Å². The van der Waals surface area contributed by atoms with Crippen LogP contribution in [0.4, 0.5) is 0 Å². The lowest BCUT2D eigenvalue weighted by molar-refractivity contribution is -0.288. The zero-order chi connectivity index (χ0) is 25.4. The molecule has 1 heterocycles. The van der Waals surface area contributed by atoms with Gasteiger partial charge in [-0.1, -0.05) is 12.1 Å². The highest BCUT2D eigenvalue weighted by Crippen LogP contribution is 2.34. The Labute approximate surface area is 195 Å². The van der Waals surface area contributed by atoms with Crippen LogP contribution in [-0.4, -0.2) is 67.2 Å². The summed E-state index contributed by atoms with van der Waals surface area (Å²) in [6, 6.07) is 6.11. The van der Waals surface area contributed by atoms with Gasteiger partial charge in [0.1, 0.15) is 12.7 Å². The number of esters is 5. The van der Waals surface area contributed by atoms with Crippen LogP contribution in [0, 0.1) is 0 Å². The van der Waals surface area contributed by atoms with E-state index in [1.54, 1.807) is 12.1 Å². The summed E-state index contributed by atoms with van der Waals surface area (Å²) < 4.78 is 37.8. The molecular weight excluding hydrogens is 456 g/mol. The standard InChI is InChI=1S/C22H26O12/c1-11(23)28-10-18-19(30-13(3)25)20(31-14(4)26)21(32-15(5)27)22(34-18)33-17-9-7-6-8-16(17)29-12(2)24/h6-9,18-22H,10H2,1-5H3/t18-,19-,20+,21-,22-/m1/s1. The molecule has 0 radical (unpaired) electrons. The maximum absolute atomic E-state index is 11.9. The summed E-state index contributed by atoms with van der Waals surface area (Å²) >= 11 is 0. The highest BCUT2D eigenvalue weighted by Gasteiger charge is 2.53. The molecule has 34 heavy (non-hydrogen) atoms. The molecule has 1 aliphatic rings. The fourth-order valence-electron chi connectivity index (χ4n) is 3.20. The Morgan fingerprint density at radius 1 is 0.706 bits per heavy atom.